The second kappa shape index (κ2) is 9.38. The predicted octanol–water partition coefficient (Wildman–Crippen LogP) is 8.62. The van der Waals surface area contributed by atoms with Gasteiger partial charge in [-0.05, 0) is 124 Å². The molecule has 35 heavy (non-hydrogen) atoms. The van der Waals surface area contributed by atoms with E-state index in [9.17, 15) is 0 Å². The van der Waals surface area contributed by atoms with E-state index in [1.54, 1.807) is 0 Å². The molecule has 172 valence electrons. The topological polar surface area (TPSA) is 31.6 Å². The summed E-state index contributed by atoms with van der Waals surface area (Å²) in [5.74, 6) is 0. The maximum absolute atomic E-state index is 3.83. The van der Waals surface area contributed by atoms with E-state index in [0.717, 1.165) is 25.7 Å². The zero-order chi connectivity index (χ0) is 23.8. The summed E-state index contributed by atoms with van der Waals surface area (Å²) in [6, 6.07) is 31.3. The van der Waals surface area contributed by atoms with Gasteiger partial charge >= 0.3 is 0 Å². The van der Waals surface area contributed by atoms with Gasteiger partial charge in [-0.1, -0.05) is 49.1 Å². The van der Waals surface area contributed by atoms with Crippen molar-refractivity contribution in [2.24, 2.45) is 0 Å². The molecule has 2 N–H and O–H groups in total. The lowest BCUT2D eigenvalue weighted by Crippen LogP contribution is -1.91. The number of hydrogen-bond acceptors (Lipinski definition) is 0. The summed E-state index contributed by atoms with van der Waals surface area (Å²) in [5.41, 5.74) is 8.91. The minimum atomic E-state index is 1.00. The first-order valence-electron chi connectivity index (χ1n) is 12.2. The van der Waals surface area contributed by atoms with Crippen LogP contribution in [0.4, 0.5) is 0 Å². The van der Waals surface area contributed by atoms with E-state index in [1.165, 1.54) is 64.2 Å². The van der Waals surface area contributed by atoms with E-state index < -0.39 is 0 Å². The summed E-state index contributed by atoms with van der Waals surface area (Å²) in [7, 11) is 0. The zero-order valence-electron chi connectivity index (χ0n) is 19.6. The third-order valence-electron chi connectivity index (χ3n) is 6.92. The lowest BCUT2D eigenvalue weighted by Gasteiger charge is -2.01. The van der Waals surface area contributed by atoms with Crippen LogP contribution in [0, 0.1) is 3.57 Å². The summed E-state index contributed by atoms with van der Waals surface area (Å²) >= 11 is 2.36. The van der Waals surface area contributed by atoms with Gasteiger partial charge in [-0.2, -0.15) is 0 Å². The van der Waals surface area contributed by atoms with Gasteiger partial charge in [0.25, 0.3) is 0 Å². The molecular weight excluding hydrogens is 539 g/mol. The van der Waals surface area contributed by atoms with Crippen LogP contribution in [0.25, 0.3) is 38.7 Å². The highest BCUT2D eigenvalue weighted by Gasteiger charge is 2.08. The van der Waals surface area contributed by atoms with E-state index in [0.29, 0.717) is 0 Å². The van der Waals surface area contributed by atoms with Crippen LogP contribution in [0.1, 0.15) is 28.1 Å². The molecular formula is C32H27IN2. The average Bonchev–Trinajstić information content (AvgIpc) is 3.47. The summed E-state index contributed by atoms with van der Waals surface area (Å²) in [4.78, 5) is 7.31. The minimum Gasteiger partial charge on any atom is -0.358 e. The number of benzene rings is 4. The van der Waals surface area contributed by atoms with E-state index in [-0.39, 0.29) is 0 Å². The molecule has 6 aromatic rings. The molecule has 4 aromatic carbocycles. The third-order valence-corrected chi connectivity index (χ3v) is 7.64. The van der Waals surface area contributed by atoms with Crippen LogP contribution in [0.15, 0.2) is 91.5 Å². The van der Waals surface area contributed by atoms with Crippen LogP contribution in [-0.2, 0) is 25.7 Å². The van der Waals surface area contributed by atoms with E-state index in [4.69, 9.17) is 0 Å². The van der Waals surface area contributed by atoms with Gasteiger partial charge in [0.15, 0.2) is 0 Å². The number of rotatable bonds is 7. The van der Waals surface area contributed by atoms with E-state index >= 15 is 0 Å². The highest BCUT2D eigenvalue weighted by Crippen LogP contribution is 2.29. The highest BCUT2D eigenvalue weighted by atomic mass is 127. The van der Waals surface area contributed by atoms with Crippen molar-refractivity contribution in [1.29, 1.82) is 0 Å². The Morgan fingerprint density at radius 1 is 0.571 bits per heavy atom. The van der Waals surface area contributed by atoms with Gasteiger partial charge < -0.3 is 9.97 Å². The van der Waals surface area contributed by atoms with Crippen molar-refractivity contribution in [1.82, 2.24) is 9.97 Å². The molecule has 0 aliphatic rings. The monoisotopic (exact) mass is 566 g/mol. The average molecular weight is 566 g/mol. The van der Waals surface area contributed by atoms with Gasteiger partial charge in [0.1, 0.15) is 0 Å². The molecule has 0 saturated heterocycles. The Balaban J connectivity index is 1.22. The van der Waals surface area contributed by atoms with Crippen molar-refractivity contribution in [2.45, 2.75) is 25.7 Å². The lowest BCUT2D eigenvalue weighted by molar-refractivity contribution is 0.930. The third kappa shape index (κ3) is 4.78. The summed E-state index contributed by atoms with van der Waals surface area (Å²) in [5, 5.41) is 5.12. The van der Waals surface area contributed by atoms with Crippen molar-refractivity contribution in [2.75, 3.05) is 0 Å². The Morgan fingerprint density at radius 2 is 1.06 bits per heavy atom. The van der Waals surface area contributed by atoms with Crippen LogP contribution >= 0.6 is 22.6 Å². The Morgan fingerprint density at radius 3 is 1.54 bits per heavy atom. The Bertz CT molecular complexity index is 1580. The van der Waals surface area contributed by atoms with E-state index in [2.05, 4.69) is 124 Å². The summed E-state index contributed by atoms with van der Waals surface area (Å²) < 4.78 is 1.28. The molecule has 0 atom stereocenters. The molecule has 0 aliphatic carbocycles. The number of aromatic nitrogens is 2. The van der Waals surface area contributed by atoms with Crippen molar-refractivity contribution in [3.8, 4) is 0 Å². The molecule has 2 heterocycles. The van der Waals surface area contributed by atoms with Crippen LogP contribution in [0.3, 0.4) is 0 Å². The van der Waals surface area contributed by atoms with Crippen molar-refractivity contribution >= 4 is 61.2 Å². The maximum Gasteiger partial charge on any atom is 0.0462 e. The first kappa shape index (κ1) is 22.2. The van der Waals surface area contributed by atoms with Gasteiger partial charge in [0.2, 0.25) is 0 Å². The van der Waals surface area contributed by atoms with Gasteiger partial charge in [0.05, 0.1) is 0 Å². The number of fused-ring (bicyclic) bond motifs is 3. The standard InChI is InChI=1S/C32H27IN2/c1-2-21-3-5-22(6-4-21)9-13-29-17-26-15-24-20-32-27(16-25(24)19-31(26)34-29)18-30(35-32)14-10-23-7-11-28(33)12-8-23/h2-8,11-12,15-20,34-35H,1,9-10,13-14H2. The molecule has 0 spiro atoms. The van der Waals surface area contributed by atoms with Gasteiger partial charge in [-0.25, -0.2) is 0 Å². The normalized spacial score (nSPS) is 11.6. The van der Waals surface area contributed by atoms with E-state index in [1.807, 2.05) is 6.08 Å². The number of nitrogens with one attached hydrogen (secondary N) is 2. The first-order chi connectivity index (χ1) is 17.1. The second-order valence-electron chi connectivity index (χ2n) is 9.39. The van der Waals surface area contributed by atoms with Gasteiger partial charge in [0, 0.05) is 36.8 Å². The molecule has 0 amide bonds. The molecule has 0 saturated carbocycles. The zero-order valence-corrected chi connectivity index (χ0v) is 21.7. The molecule has 0 radical (unpaired) electrons. The molecule has 0 unspecified atom stereocenters. The largest absolute Gasteiger partial charge is 0.358 e. The summed E-state index contributed by atoms with van der Waals surface area (Å²) in [6.45, 7) is 3.83. The second-order valence-corrected chi connectivity index (χ2v) is 10.6. The molecule has 6 rings (SSSR count). The number of halogens is 1. The number of hydrogen-bond donors (Lipinski definition) is 2. The maximum atomic E-state index is 3.83. The fourth-order valence-electron chi connectivity index (χ4n) is 4.93. The van der Waals surface area contributed by atoms with Gasteiger partial charge in [-0.15, -0.1) is 0 Å². The fourth-order valence-corrected chi connectivity index (χ4v) is 5.29. The highest BCUT2D eigenvalue weighted by molar-refractivity contribution is 14.1. The predicted molar refractivity (Wildman–Crippen MR) is 158 cm³/mol. The molecule has 3 heteroatoms. The quantitative estimate of drug-likeness (QED) is 0.181. The van der Waals surface area contributed by atoms with Gasteiger partial charge in [-0.3, -0.25) is 0 Å². The van der Waals surface area contributed by atoms with Crippen molar-refractivity contribution < 1.29 is 0 Å². The Labute approximate surface area is 219 Å². The number of aryl methyl sites for hydroxylation is 4. The fraction of sp³-hybridized carbons (Fsp3) is 0.125. The Hall–Kier alpha value is -3.31. The molecule has 0 bridgehead atoms. The van der Waals surface area contributed by atoms with Crippen LogP contribution < -0.4 is 0 Å². The number of H-pyrrole nitrogens is 2. The first-order valence-corrected chi connectivity index (χ1v) is 13.2. The molecule has 2 aromatic heterocycles. The van der Waals surface area contributed by atoms with Crippen molar-refractivity contribution in [3.05, 3.63) is 123 Å². The van der Waals surface area contributed by atoms with Crippen molar-refractivity contribution in [3.63, 3.8) is 0 Å². The van der Waals surface area contributed by atoms with Crippen LogP contribution in [-0.4, -0.2) is 9.97 Å². The summed E-state index contributed by atoms with van der Waals surface area (Å²) in [6.07, 6.45) is 5.99. The van der Waals surface area contributed by atoms with Crippen LogP contribution in [0.5, 0.6) is 0 Å². The Kier molecular flexibility index (Phi) is 5.95. The van der Waals surface area contributed by atoms with Crippen LogP contribution in [0.2, 0.25) is 0 Å². The minimum absolute atomic E-state index is 1.00. The molecule has 0 aliphatic heterocycles. The molecule has 0 fully saturated rings. The smallest absolute Gasteiger partial charge is 0.0462 e. The lowest BCUT2D eigenvalue weighted by atomic mass is 10.0. The molecule has 2 nitrogen and oxygen atoms in total. The number of aromatic amines is 2. The SMILES string of the molecule is C=Cc1ccc(CCc2cc3cc4cc5[nH]c(CCc6ccc(I)cc6)cc5cc4cc3[nH]2)cc1.